The predicted molar refractivity (Wildman–Crippen MR) is 124 cm³/mol. The van der Waals surface area contributed by atoms with Crippen molar-refractivity contribution in [3.8, 4) is 16.3 Å². The van der Waals surface area contributed by atoms with Crippen LogP contribution in [0.1, 0.15) is 21.6 Å². The Labute approximate surface area is 189 Å². The highest BCUT2D eigenvalue weighted by Crippen LogP contribution is 2.26. The maximum atomic E-state index is 13.0. The quantitative estimate of drug-likeness (QED) is 0.376. The molecule has 30 heavy (non-hydrogen) atoms. The average Bonchev–Trinajstić information content (AvgIpc) is 3.40. The highest BCUT2D eigenvalue weighted by atomic mass is 35.5. The van der Waals surface area contributed by atoms with Gasteiger partial charge in [-0.2, -0.15) is 5.10 Å². The molecule has 4 nitrogen and oxygen atoms in total. The van der Waals surface area contributed by atoms with Gasteiger partial charge in [-0.05, 0) is 60.7 Å². The summed E-state index contributed by atoms with van der Waals surface area (Å²) in [5.74, 6) is -0.184. The molecule has 2 heterocycles. The second kappa shape index (κ2) is 9.04. The second-order valence-electron chi connectivity index (χ2n) is 6.88. The fourth-order valence-electron chi connectivity index (χ4n) is 3.10. The zero-order valence-corrected chi connectivity index (χ0v) is 18.6. The van der Waals surface area contributed by atoms with E-state index in [1.807, 2.05) is 60.8 Å². The summed E-state index contributed by atoms with van der Waals surface area (Å²) < 4.78 is 1.69. The van der Waals surface area contributed by atoms with E-state index in [0.29, 0.717) is 28.7 Å². The van der Waals surface area contributed by atoms with E-state index >= 15 is 0 Å². The van der Waals surface area contributed by atoms with Crippen LogP contribution in [0, 0.1) is 6.92 Å². The molecule has 152 valence electrons. The minimum Gasteiger partial charge on any atom is -0.350 e. The van der Waals surface area contributed by atoms with Crippen LogP contribution >= 0.6 is 34.5 Å². The minimum absolute atomic E-state index is 0.184. The zero-order valence-electron chi connectivity index (χ0n) is 16.2. The average molecular weight is 456 g/mol. The topological polar surface area (TPSA) is 46.9 Å². The van der Waals surface area contributed by atoms with Crippen LogP contribution in [-0.2, 0) is 6.42 Å². The number of nitrogens with zero attached hydrogens (tertiary/aromatic N) is 2. The minimum atomic E-state index is -0.184. The Morgan fingerprint density at radius 3 is 2.60 bits per heavy atom. The molecule has 0 aliphatic carbocycles. The van der Waals surface area contributed by atoms with Gasteiger partial charge >= 0.3 is 0 Å². The summed E-state index contributed by atoms with van der Waals surface area (Å²) in [4.78, 5) is 14.0. The molecule has 0 aliphatic rings. The molecule has 4 rings (SSSR count). The maximum absolute atomic E-state index is 13.0. The van der Waals surface area contributed by atoms with E-state index in [-0.39, 0.29) is 5.91 Å². The molecule has 7 heteroatoms. The molecule has 0 radical (unpaired) electrons. The number of aryl methyl sites for hydroxylation is 1. The van der Waals surface area contributed by atoms with Gasteiger partial charge in [-0.3, -0.25) is 4.79 Å². The highest BCUT2D eigenvalue weighted by molar-refractivity contribution is 7.13. The molecule has 1 amide bonds. The molecule has 0 atom stereocenters. The molecule has 0 spiro atoms. The molecule has 0 saturated heterocycles. The lowest BCUT2D eigenvalue weighted by molar-refractivity contribution is 0.0946. The van der Waals surface area contributed by atoms with Gasteiger partial charge in [-0.15, -0.1) is 11.3 Å². The maximum Gasteiger partial charge on any atom is 0.270 e. The van der Waals surface area contributed by atoms with Gasteiger partial charge in [0.1, 0.15) is 11.4 Å². The van der Waals surface area contributed by atoms with Gasteiger partial charge in [0.2, 0.25) is 0 Å². The van der Waals surface area contributed by atoms with Gasteiger partial charge in [-0.1, -0.05) is 53.0 Å². The lowest BCUT2D eigenvalue weighted by atomic mass is 10.1. The van der Waals surface area contributed by atoms with E-state index in [1.54, 1.807) is 28.2 Å². The standard InChI is InChI=1S/C23H19Cl2N3OS/c1-15-4-8-18(9-5-15)28-21(14-20(27-28)22-3-2-12-30-22)23(29)26-11-10-16-6-7-17(24)13-19(16)25/h2-9,12-14H,10-11H2,1H3,(H,26,29). The Bertz CT molecular complexity index is 1170. The molecule has 0 unspecified atom stereocenters. The monoisotopic (exact) mass is 455 g/mol. The lowest BCUT2D eigenvalue weighted by Gasteiger charge is -2.09. The first-order valence-corrected chi connectivity index (χ1v) is 11.1. The first-order valence-electron chi connectivity index (χ1n) is 9.44. The number of aromatic nitrogens is 2. The van der Waals surface area contributed by atoms with Crippen molar-refractivity contribution in [1.29, 1.82) is 0 Å². The molecular weight excluding hydrogens is 437 g/mol. The molecule has 0 bridgehead atoms. The van der Waals surface area contributed by atoms with E-state index in [2.05, 4.69) is 5.32 Å². The summed E-state index contributed by atoms with van der Waals surface area (Å²) in [5, 5.41) is 10.9. The first kappa shape index (κ1) is 20.7. The van der Waals surface area contributed by atoms with Crippen molar-refractivity contribution in [2.24, 2.45) is 0 Å². The largest absolute Gasteiger partial charge is 0.350 e. The molecule has 4 aromatic rings. The van der Waals surface area contributed by atoms with Crippen molar-refractivity contribution < 1.29 is 4.79 Å². The predicted octanol–water partition coefficient (Wildman–Crippen LogP) is 6.19. The number of carbonyl (C=O) groups excluding carboxylic acids is 1. The Kier molecular flexibility index (Phi) is 6.23. The third kappa shape index (κ3) is 4.59. The van der Waals surface area contributed by atoms with Crippen LogP contribution in [0.4, 0.5) is 0 Å². The van der Waals surface area contributed by atoms with Crippen molar-refractivity contribution in [3.05, 3.63) is 92.9 Å². The number of amides is 1. The van der Waals surface area contributed by atoms with Gasteiger partial charge in [0.05, 0.1) is 10.6 Å². The number of halogens is 2. The first-order chi connectivity index (χ1) is 14.5. The van der Waals surface area contributed by atoms with Crippen LogP contribution in [0.5, 0.6) is 0 Å². The van der Waals surface area contributed by atoms with E-state index in [9.17, 15) is 4.79 Å². The summed E-state index contributed by atoms with van der Waals surface area (Å²) >= 11 is 13.8. The number of benzene rings is 2. The Morgan fingerprint density at radius 1 is 1.10 bits per heavy atom. The molecule has 2 aromatic carbocycles. The van der Waals surface area contributed by atoms with Crippen molar-refractivity contribution in [2.75, 3.05) is 6.54 Å². The van der Waals surface area contributed by atoms with E-state index < -0.39 is 0 Å². The van der Waals surface area contributed by atoms with Crippen molar-refractivity contribution in [3.63, 3.8) is 0 Å². The van der Waals surface area contributed by atoms with Gasteiger partial charge in [0.15, 0.2) is 0 Å². The number of rotatable bonds is 6. The third-order valence-corrected chi connectivity index (χ3v) is 6.17. The van der Waals surface area contributed by atoms with Gasteiger partial charge < -0.3 is 5.32 Å². The fourth-order valence-corrected chi connectivity index (χ4v) is 4.28. The fraction of sp³-hybridized carbons (Fsp3) is 0.130. The molecular formula is C23H19Cl2N3OS. The molecule has 0 fully saturated rings. The number of thiophene rings is 1. The molecule has 0 aliphatic heterocycles. The Balaban J connectivity index is 1.56. The Hall–Kier alpha value is -2.60. The van der Waals surface area contributed by atoms with Crippen molar-refractivity contribution in [1.82, 2.24) is 15.1 Å². The number of hydrogen-bond acceptors (Lipinski definition) is 3. The highest BCUT2D eigenvalue weighted by Gasteiger charge is 2.18. The number of hydrogen-bond donors (Lipinski definition) is 1. The van der Waals surface area contributed by atoms with Gasteiger partial charge in [0, 0.05) is 16.6 Å². The van der Waals surface area contributed by atoms with Crippen LogP contribution in [-0.4, -0.2) is 22.2 Å². The van der Waals surface area contributed by atoms with Crippen LogP contribution < -0.4 is 5.32 Å². The van der Waals surface area contributed by atoms with Crippen molar-refractivity contribution in [2.45, 2.75) is 13.3 Å². The molecule has 2 aromatic heterocycles. The number of nitrogens with one attached hydrogen (secondary N) is 1. The third-order valence-electron chi connectivity index (χ3n) is 4.69. The second-order valence-corrected chi connectivity index (χ2v) is 8.67. The van der Waals surface area contributed by atoms with Gasteiger partial charge in [0.25, 0.3) is 5.91 Å². The van der Waals surface area contributed by atoms with Crippen LogP contribution in [0.25, 0.3) is 16.3 Å². The van der Waals surface area contributed by atoms with E-state index in [4.69, 9.17) is 28.3 Å². The molecule has 1 N–H and O–H groups in total. The molecule has 0 saturated carbocycles. The summed E-state index contributed by atoms with van der Waals surface area (Å²) in [6, 6.07) is 19.1. The smallest absolute Gasteiger partial charge is 0.270 e. The van der Waals surface area contributed by atoms with Crippen LogP contribution in [0.2, 0.25) is 10.0 Å². The summed E-state index contributed by atoms with van der Waals surface area (Å²) in [5.41, 5.74) is 4.19. The van der Waals surface area contributed by atoms with E-state index in [0.717, 1.165) is 27.4 Å². The van der Waals surface area contributed by atoms with Crippen LogP contribution in [0.15, 0.2) is 66.0 Å². The summed E-state index contributed by atoms with van der Waals surface area (Å²) in [6.07, 6.45) is 0.609. The number of carbonyl (C=O) groups is 1. The normalized spacial score (nSPS) is 10.9. The SMILES string of the molecule is Cc1ccc(-n2nc(-c3cccs3)cc2C(=O)NCCc2ccc(Cl)cc2Cl)cc1. The van der Waals surface area contributed by atoms with Crippen LogP contribution in [0.3, 0.4) is 0 Å². The van der Waals surface area contributed by atoms with Gasteiger partial charge in [-0.25, -0.2) is 4.68 Å². The summed E-state index contributed by atoms with van der Waals surface area (Å²) in [6.45, 7) is 2.48. The zero-order chi connectivity index (χ0) is 21.1. The van der Waals surface area contributed by atoms with Crippen molar-refractivity contribution >= 4 is 40.4 Å². The van der Waals surface area contributed by atoms with E-state index in [1.165, 1.54) is 0 Å². The lowest BCUT2D eigenvalue weighted by Crippen LogP contribution is -2.27. The Morgan fingerprint density at radius 2 is 1.90 bits per heavy atom. The summed E-state index contributed by atoms with van der Waals surface area (Å²) in [7, 11) is 0.